The number of halogens is 1. The van der Waals surface area contributed by atoms with Gasteiger partial charge in [-0.25, -0.2) is 4.98 Å². The van der Waals surface area contributed by atoms with Gasteiger partial charge in [-0.1, -0.05) is 28.1 Å². The van der Waals surface area contributed by atoms with Gasteiger partial charge in [0.2, 0.25) is 0 Å². The summed E-state index contributed by atoms with van der Waals surface area (Å²) in [5.74, 6) is 0.942. The van der Waals surface area contributed by atoms with E-state index in [4.69, 9.17) is 5.73 Å². The number of hydrogen-bond acceptors (Lipinski definition) is 3. The Morgan fingerprint density at radius 2 is 1.95 bits per heavy atom. The molecule has 1 aromatic carbocycles. The molecule has 1 heterocycles. The van der Waals surface area contributed by atoms with Crippen molar-refractivity contribution in [2.45, 2.75) is 19.5 Å². The number of benzene rings is 1. The van der Waals surface area contributed by atoms with Crippen LogP contribution >= 0.6 is 15.9 Å². The minimum absolute atomic E-state index is 0.0304. The molecule has 1 unspecified atom stereocenters. The minimum atomic E-state index is 0.0304. The molecule has 0 saturated carbocycles. The number of nitrogens with zero attached hydrogens (tertiary/aromatic N) is 2. The Balaban J connectivity index is 2.13. The first-order chi connectivity index (χ1) is 9.06. The second-order valence-electron chi connectivity index (χ2n) is 4.72. The lowest BCUT2D eigenvalue weighted by molar-refractivity contribution is 0.809. The third-order valence-electron chi connectivity index (χ3n) is 3.02. The normalized spacial score (nSPS) is 12.2. The molecule has 4 heteroatoms. The van der Waals surface area contributed by atoms with Crippen LogP contribution in [0.25, 0.3) is 0 Å². The highest BCUT2D eigenvalue weighted by atomic mass is 79.9. The fourth-order valence-electron chi connectivity index (χ4n) is 1.87. The quantitative estimate of drug-likeness (QED) is 0.937. The first-order valence-electron chi connectivity index (χ1n) is 6.23. The first kappa shape index (κ1) is 14.0. The monoisotopic (exact) mass is 319 g/mol. The maximum Gasteiger partial charge on any atom is 0.128 e. The van der Waals surface area contributed by atoms with Crippen LogP contribution in [0.2, 0.25) is 0 Å². The molecule has 1 aromatic heterocycles. The Morgan fingerprint density at radius 3 is 2.58 bits per heavy atom. The number of aromatic nitrogens is 1. The summed E-state index contributed by atoms with van der Waals surface area (Å²) < 4.78 is 1.09. The highest BCUT2D eigenvalue weighted by molar-refractivity contribution is 9.10. The fraction of sp³-hybridized carbons (Fsp3) is 0.267. The summed E-state index contributed by atoms with van der Waals surface area (Å²) in [6, 6.07) is 12.4. The highest BCUT2D eigenvalue weighted by Crippen LogP contribution is 2.18. The lowest BCUT2D eigenvalue weighted by Crippen LogP contribution is -2.18. The second-order valence-corrected chi connectivity index (χ2v) is 5.63. The van der Waals surface area contributed by atoms with Crippen LogP contribution in [0.1, 0.15) is 24.1 Å². The van der Waals surface area contributed by atoms with Crippen LogP contribution in [-0.4, -0.2) is 12.0 Å². The van der Waals surface area contributed by atoms with Crippen LogP contribution in [0.5, 0.6) is 0 Å². The van der Waals surface area contributed by atoms with Crippen LogP contribution in [-0.2, 0) is 6.54 Å². The lowest BCUT2D eigenvalue weighted by atomic mass is 10.1. The van der Waals surface area contributed by atoms with E-state index < -0.39 is 0 Å². The molecule has 100 valence electrons. The van der Waals surface area contributed by atoms with Crippen LogP contribution < -0.4 is 10.6 Å². The molecule has 0 amide bonds. The summed E-state index contributed by atoms with van der Waals surface area (Å²) in [6.07, 6.45) is 1.81. The first-order valence-corrected chi connectivity index (χ1v) is 7.02. The second kappa shape index (κ2) is 6.17. The topological polar surface area (TPSA) is 42.1 Å². The van der Waals surface area contributed by atoms with Crippen LogP contribution in [0.3, 0.4) is 0 Å². The Kier molecular flexibility index (Phi) is 4.56. The maximum absolute atomic E-state index is 5.90. The zero-order valence-electron chi connectivity index (χ0n) is 11.2. The van der Waals surface area contributed by atoms with E-state index in [1.54, 1.807) is 0 Å². The smallest absolute Gasteiger partial charge is 0.128 e. The summed E-state index contributed by atoms with van der Waals surface area (Å²) in [4.78, 5) is 6.52. The standard InChI is InChI=1S/C15H18BrN3/c1-11(17)13-7-8-18-15(9-13)19(2)10-12-3-5-14(16)6-4-12/h3-9,11H,10,17H2,1-2H3. The molecular formula is C15H18BrN3. The SMILES string of the molecule is CC(N)c1ccnc(N(C)Cc2ccc(Br)cc2)c1. The van der Waals surface area contributed by atoms with Crippen molar-refractivity contribution in [3.05, 3.63) is 58.2 Å². The Labute approximate surface area is 122 Å². The molecule has 0 aliphatic rings. The van der Waals surface area contributed by atoms with Gasteiger partial charge in [0.25, 0.3) is 0 Å². The van der Waals surface area contributed by atoms with E-state index in [2.05, 4.69) is 50.1 Å². The van der Waals surface area contributed by atoms with Gasteiger partial charge < -0.3 is 10.6 Å². The lowest BCUT2D eigenvalue weighted by Gasteiger charge is -2.19. The number of rotatable bonds is 4. The molecule has 3 nitrogen and oxygen atoms in total. The highest BCUT2D eigenvalue weighted by Gasteiger charge is 2.06. The molecule has 0 aliphatic heterocycles. The molecular weight excluding hydrogens is 302 g/mol. The average Bonchev–Trinajstić information content (AvgIpc) is 2.41. The van der Waals surface area contributed by atoms with Crippen molar-refractivity contribution in [3.8, 4) is 0 Å². The van der Waals surface area contributed by atoms with Crippen molar-refractivity contribution in [2.24, 2.45) is 5.73 Å². The Bertz CT molecular complexity index is 537. The number of hydrogen-bond donors (Lipinski definition) is 1. The average molecular weight is 320 g/mol. The van der Waals surface area contributed by atoms with Gasteiger partial charge in [0.15, 0.2) is 0 Å². The maximum atomic E-state index is 5.90. The third-order valence-corrected chi connectivity index (χ3v) is 3.55. The van der Waals surface area contributed by atoms with E-state index in [1.165, 1.54) is 5.56 Å². The van der Waals surface area contributed by atoms with Crippen molar-refractivity contribution in [1.82, 2.24) is 4.98 Å². The largest absolute Gasteiger partial charge is 0.355 e. The van der Waals surface area contributed by atoms with E-state index in [9.17, 15) is 0 Å². The van der Waals surface area contributed by atoms with Crippen molar-refractivity contribution in [2.75, 3.05) is 11.9 Å². The van der Waals surface area contributed by atoms with Gasteiger partial charge in [0.05, 0.1) is 0 Å². The summed E-state index contributed by atoms with van der Waals surface area (Å²) in [5.41, 5.74) is 8.25. The molecule has 1 atom stereocenters. The third kappa shape index (κ3) is 3.78. The number of anilines is 1. The van der Waals surface area contributed by atoms with Crippen molar-refractivity contribution in [3.63, 3.8) is 0 Å². The van der Waals surface area contributed by atoms with E-state index in [0.717, 1.165) is 22.4 Å². The van der Waals surface area contributed by atoms with E-state index in [1.807, 2.05) is 32.3 Å². The summed E-state index contributed by atoms with van der Waals surface area (Å²) >= 11 is 3.44. The molecule has 0 bridgehead atoms. The zero-order chi connectivity index (χ0) is 13.8. The van der Waals surface area contributed by atoms with Gasteiger partial charge in [-0.2, -0.15) is 0 Å². The van der Waals surface area contributed by atoms with Gasteiger partial charge in [0, 0.05) is 30.3 Å². The molecule has 2 rings (SSSR count). The van der Waals surface area contributed by atoms with Gasteiger partial charge in [-0.05, 0) is 42.3 Å². The van der Waals surface area contributed by atoms with E-state index in [0.29, 0.717) is 0 Å². The van der Waals surface area contributed by atoms with Gasteiger partial charge in [-0.15, -0.1) is 0 Å². The molecule has 0 aliphatic carbocycles. The number of pyridine rings is 1. The zero-order valence-corrected chi connectivity index (χ0v) is 12.8. The summed E-state index contributed by atoms with van der Waals surface area (Å²) in [7, 11) is 2.04. The summed E-state index contributed by atoms with van der Waals surface area (Å²) in [6.45, 7) is 2.80. The van der Waals surface area contributed by atoms with Gasteiger partial charge in [-0.3, -0.25) is 0 Å². The van der Waals surface area contributed by atoms with Gasteiger partial charge in [0.1, 0.15) is 5.82 Å². The van der Waals surface area contributed by atoms with Crippen molar-refractivity contribution >= 4 is 21.7 Å². The van der Waals surface area contributed by atoms with Gasteiger partial charge >= 0.3 is 0 Å². The minimum Gasteiger partial charge on any atom is -0.355 e. The summed E-state index contributed by atoms with van der Waals surface area (Å²) in [5, 5.41) is 0. The molecule has 19 heavy (non-hydrogen) atoms. The van der Waals surface area contributed by atoms with E-state index in [-0.39, 0.29) is 6.04 Å². The molecule has 2 aromatic rings. The molecule has 0 fully saturated rings. The van der Waals surface area contributed by atoms with Crippen LogP contribution in [0.15, 0.2) is 47.1 Å². The van der Waals surface area contributed by atoms with Crippen molar-refractivity contribution < 1.29 is 0 Å². The van der Waals surface area contributed by atoms with Crippen LogP contribution in [0, 0.1) is 0 Å². The predicted molar refractivity (Wildman–Crippen MR) is 83.1 cm³/mol. The molecule has 0 spiro atoms. The molecule has 0 saturated heterocycles. The Hall–Kier alpha value is -1.39. The van der Waals surface area contributed by atoms with E-state index >= 15 is 0 Å². The molecule has 2 N–H and O–H groups in total. The Morgan fingerprint density at radius 1 is 1.26 bits per heavy atom. The predicted octanol–water partition coefficient (Wildman–Crippen LogP) is 3.50. The van der Waals surface area contributed by atoms with Crippen LogP contribution in [0.4, 0.5) is 5.82 Å². The van der Waals surface area contributed by atoms with Crippen molar-refractivity contribution in [1.29, 1.82) is 0 Å². The number of nitrogens with two attached hydrogens (primary N) is 1. The fourth-order valence-corrected chi connectivity index (χ4v) is 2.14. The molecule has 0 radical (unpaired) electrons.